The van der Waals surface area contributed by atoms with Crippen LogP contribution in [0, 0.1) is 0 Å². The van der Waals surface area contributed by atoms with Gasteiger partial charge in [-0.25, -0.2) is 0 Å². The van der Waals surface area contributed by atoms with Crippen LogP contribution >= 0.6 is 25.8 Å². The van der Waals surface area contributed by atoms with Crippen molar-refractivity contribution in [1.82, 2.24) is 0 Å². The van der Waals surface area contributed by atoms with Crippen molar-refractivity contribution >= 4 is 32.6 Å². The number of hydrogen-bond acceptors (Lipinski definition) is 10. The normalized spacial score (nSPS) is 20.3. The van der Waals surface area contributed by atoms with Crippen molar-refractivity contribution in [2.24, 2.45) is 0 Å². The first-order chi connectivity index (χ1) is 33.7. The molecule has 14 heteroatoms. The van der Waals surface area contributed by atoms with Gasteiger partial charge in [0.05, 0.1) is 36.6 Å². The summed E-state index contributed by atoms with van der Waals surface area (Å²) in [6.45, 7) is 4.50. The zero-order chi connectivity index (χ0) is 47.1. The maximum absolute atomic E-state index is 7.50. The van der Waals surface area contributed by atoms with Crippen LogP contribution in [0.25, 0.3) is 0 Å². The second-order valence-corrected chi connectivity index (χ2v) is 22.2. The maximum Gasteiger partial charge on any atom is 0.397 e. The topological polar surface area (TPSA) is 100 Å². The second kappa shape index (κ2) is 36.2. The quantitative estimate of drug-likeness (QED) is 0.0904. The summed E-state index contributed by atoms with van der Waals surface area (Å²) in [5, 5.41) is 0. The van der Waals surface area contributed by atoms with Crippen molar-refractivity contribution in [3.63, 3.8) is 0 Å². The molecule has 0 spiro atoms. The Bertz CT molecular complexity index is 1400. The van der Waals surface area contributed by atoms with Crippen LogP contribution in [-0.2, 0) is 48.4 Å². The van der Waals surface area contributed by atoms with Crippen LogP contribution in [-0.4, -0.2) is 43.4 Å². The van der Waals surface area contributed by atoms with Gasteiger partial charge in [0.15, 0.2) is 0 Å². The predicted molar refractivity (Wildman–Crippen MR) is 275 cm³/mol. The van der Waals surface area contributed by atoms with E-state index in [4.69, 9.17) is 45.5 Å². The van der Waals surface area contributed by atoms with Crippen LogP contribution in [0.5, 0.6) is 17.2 Å². The largest absolute Gasteiger partial charge is 0.427 e. The van der Waals surface area contributed by atoms with Gasteiger partial charge in [-0.1, -0.05) is 170 Å². The molecule has 0 aromatic heterocycles. The summed E-state index contributed by atoms with van der Waals surface area (Å²) in [5.74, 6) is 2.54. The van der Waals surface area contributed by atoms with E-state index < -0.39 is 25.8 Å². The van der Waals surface area contributed by atoms with Crippen molar-refractivity contribution < 1.29 is 62.0 Å². The molecule has 6 aliphatic carbocycles. The minimum absolute atomic E-state index is 0. The summed E-state index contributed by atoms with van der Waals surface area (Å²) in [6, 6.07) is 29.8. The Morgan fingerprint density at radius 3 is 0.594 bits per heavy atom. The van der Waals surface area contributed by atoms with Crippen molar-refractivity contribution in [2.75, 3.05) is 0 Å². The number of rotatable bonds is 18. The number of hydrogen-bond donors (Lipinski definition) is 0. The summed E-state index contributed by atoms with van der Waals surface area (Å²) in [7, 11) is -3.85. The fraction of sp³-hybridized carbons (Fsp3) is 0.655. The third-order valence-corrected chi connectivity index (χ3v) is 17.4. The van der Waals surface area contributed by atoms with Gasteiger partial charge in [0.25, 0.3) is 6.79 Å². The Labute approximate surface area is 430 Å². The molecule has 0 amide bonds. The molecule has 6 fully saturated rings. The first-order valence-corrected chi connectivity index (χ1v) is 29.8. The van der Waals surface area contributed by atoms with E-state index >= 15 is 0 Å². The SMILES string of the molecule is [C]=O.[Ni].c1ccc(OP(OC2CCCCC2)OC2CCCCC2)cc1.c1ccc(OP(OC2CCCCC2)OC2CCCCC2)cc1.c1ccc(OP(OC2CCCCC2)OC2CCCCC2)cc1. The van der Waals surface area contributed by atoms with E-state index in [1.807, 2.05) is 91.0 Å². The summed E-state index contributed by atoms with van der Waals surface area (Å²) in [5.41, 5.74) is 0. The molecule has 0 unspecified atom stereocenters. The fourth-order valence-electron chi connectivity index (χ4n) is 9.66. The zero-order valence-corrected chi connectivity index (χ0v) is 44.7. The number of carbonyl (C=O) groups excluding carboxylic acids is 1. The standard InChI is InChI=1S/3C18H27O3P.CO.Ni/c3*1-4-10-16(11-5-1)19-22(20-17-12-6-2-7-13-17)21-18-14-8-3-9-15-18;1-2;/h3*1,4-5,10-11,17-18H,2-3,6-9,12-15H2;;. The van der Waals surface area contributed by atoms with Gasteiger partial charge in [-0.3, -0.25) is 31.9 Å². The third kappa shape index (κ3) is 24.2. The molecule has 0 saturated heterocycles. The summed E-state index contributed by atoms with van der Waals surface area (Å²) in [6.07, 6.45) is 38.8. The van der Waals surface area contributed by atoms with Gasteiger partial charge in [-0.15, -0.1) is 0 Å². The summed E-state index contributed by atoms with van der Waals surface area (Å²) in [4.78, 5) is 7.50. The van der Waals surface area contributed by atoms with E-state index in [2.05, 4.69) is 6.79 Å². The molecule has 0 N–H and O–H groups in total. The summed E-state index contributed by atoms with van der Waals surface area (Å²) >= 11 is 0. The molecule has 0 atom stereocenters. The average Bonchev–Trinajstić information content (AvgIpc) is 3.40. The van der Waals surface area contributed by atoms with Crippen LogP contribution in [0.1, 0.15) is 193 Å². The number of benzene rings is 3. The van der Waals surface area contributed by atoms with Crippen molar-refractivity contribution in [2.45, 2.75) is 229 Å². The molecule has 10 nitrogen and oxygen atoms in total. The molecule has 0 bridgehead atoms. The molecule has 69 heavy (non-hydrogen) atoms. The molecule has 0 aliphatic heterocycles. The van der Waals surface area contributed by atoms with E-state index in [-0.39, 0.29) is 16.5 Å². The predicted octanol–water partition coefficient (Wildman–Crippen LogP) is 17.6. The molecule has 2 radical (unpaired) electrons. The zero-order valence-electron chi connectivity index (χ0n) is 41.1. The minimum atomic E-state index is -1.28. The smallest absolute Gasteiger partial charge is 0.397 e. The van der Waals surface area contributed by atoms with E-state index in [0.29, 0.717) is 36.6 Å². The van der Waals surface area contributed by atoms with Gasteiger partial charge in [-0.05, 0) is 113 Å². The molecule has 3 aromatic rings. The monoisotopic (exact) mass is 1050 g/mol. The van der Waals surface area contributed by atoms with E-state index in [1.165, 1.54) is 116 Å². The fourth-order valence-corrected chi connectivity index (χ4v) is 13.7. The van der Waals surface area contributed by atoms with E-state index in [9.17, 15) is 0 Å². The molecule has 6 aliphatic rings. The van der Waals surface area contributed by atoms with Crippen LogP contribution in [0.15, 0.2) is 91.0 Å². The van der Waals surface area contributed by atoms with Gasteiger partial charge in [0.2, 0.25) is 0 Å². The van der Waals surface area contributed by atoms with Crippen molar-refractivity contribution in [3.8, 4) is 17.2 Å². The third-order valence-electron chi connectivity index (χ3n) is 13.5. The molecule has 386 valence electrons. The average molecular weight is 1050 g/mol. The van der Waals surface area contributed by atoms with Gasteiger partial charge in [0, 0.05) is 16.5 Å². The Morgan fingerprint density at radius 1 is 0.275 bits per heavy atom. The Morgan fingerprint density at radius 2 is 0.435 bits per heavy atom. The van der Waals surface area contributed by atoms with Gasteiger partial charge in [-0.2, -0.15) is 0 Å². The Kier molecular flexibility index (Phi) is 30.5. The van der Waals surface area contributed by atoms with Gasteiger partial charge in [0.1, 0.15) is 17.2 Å². The molecular weight excluding hydrogens is 972 g/mol. The van der Waals surface area contributed by atoms with Crippen molar-refractivity contribution in [3.05, 3.63) is 91.0 Å². The van der Waals surface area contributed by atoms with Crippen LogP contribution in [0.4, 0.5) is 0 Å². The molecule has 6 saturated carbocycles. The van der Waals surface area contributed by atoms with E-state index in [0.717, 1.165) is 94.3 Å². The number of para-hydroxylation sites is 3. The van der Waals surface area contributed by atoms with Gasteiger partial charge >= 0.3 is 25.8 Å². The minimum Gasteiger partial charge on any atom is -0.427 e. The Balaban J connectivity index is 0.000000188. The molecular formula is C55H81NiO10P3. The molecule has 9 rings (SSSR count). The van der Waals surface area contributed by atoms with Crippen LogP contribution < -0.4 is 13.6 Å². The molecule has 3 aromatic carbocycles. The van der Waals surface area contributed by atoms with Gasteiger partial charge < -0.3 is 13.6 Å². The first kappa shape index (κ1) is 58.2. The summed E-state index contributed by atoms with van der Waals surface area (Å²) < 4.78 is 55.4. The van der Waals surface area contributed by atoms with Crippen molar-refractivity contribution in [1.29, 1.82) is 0 Å². The first-order valence-electron chi connectivity index (χ1n) is 26.5. The molecule has 0 heterocycles. The second-order valence-electron chi connectivity index (χ2n) is 19.1. The van der Waals surface area contributed by atoms with Crippen LogP contribution in [0.2, 0.25) is 0 Å². The van der Waals surface area contributed by atoms with E-state index in [1.54, 1.807) is 0 Å². The Hall–Kier alpha value is -1.73. The van der Waals surface area contributed by atoms with Crippen LogP contribution in [0.3, 0.4) is 0 Å². The maximum atomic E-state index is 7.50.